The number of β-amino-alcohol motifs (C(OH)–C–C–N with tert-alkyl or cyclic N) is 1. The van der Waals surface area contributed by atoms with Crippen LogP contribution in [-0.4, -0.2) is 66.2 Å². The summed E-state index contributed by atoms with van der Waals surface area (Å²) in [6, 6.07) is 3.55. The Morgan fingerprint density at radius 3 is 2.77 bits per heavy atom. The lowest BCUT2D eigenvalue weighted by molar-refractivity contribution is -0.118. The Bertz CT molecular complexity index is 528. The van der Waals surface area contributed by atoms with Gasteiger partial charge >= 0.3 is 0 Å². The van der Waals surface area contributed by atoms with Gasteiger partial charge in [0.25, 0.3) is 0 Å². The summed E-state index contributed by atoms with van der Waals surface area (Å²) in [4.78, 5) is 16.1. The summed E-state index contributed by atoms with van der Waals surface area (Å²) in [5.41, 5.74) is 0.246. The Morgan fingerprint density at radius 2 is 2.14 bits per heavy atom. The number of carbonyl (C=O) groups excluding carboxylic acids is 1. The molecule has 1 atom stereocenters. The molecule has 122 valence electrons. The minimum Gasteiger partial charge on any atom is -0.395 e. The third-order valence-electron chi connectivity index (χ3n) is 3.81. The molecule has 0 radical (unpaired) electrons. The van der Waals surface area contributed by atoms with Gasteiger partial charge in [-0.05, 0) is 19.1 Å². The van der Waals surface area contributed by atoms with E-state index in [4.69, 9.17) is 5.11 Å². The zero-order valence-electron chi connectivity index (χ0n) is 12.6. The smallest absolute Gasteiger partial charge is 0.238 e. The number of hydrogen-bond acceptors (Lipinski definition) is 4. The first-order chi connectivity index (χ1) is 10.5. The molecule has 0 saturated carbocycles. The summed E-state index contributed by atoms with van der Waals surface area (Å²) in [5.74, 6) is -2.18. The fraction of sp³-hybridized carbons (Fsp3) is 0.533. The normalized spacial score (nSPS) is 20.1. The lowest BCUT2D eigenvalue weighted by atomic mass is 10.2. The maximum absolute atomic E-state index is 13.1. The third kappa shape index (κ3) is 4.46. The van der Waals surface area contributed by atoms with Crippen LogP contribution in [-0.2, 0) is 4.79 Å². The average molecular weight is 313 g/mol. The maximum Gasteiger partial charge on any atom is 0.238 e. The van der Waals surface area contributed by atoms with Crippen LogP contribution in [0.15, 0.2) is 18.2 Å². The van der Waals surface area contributed by atoms with Gasteiger partial charge in [0.1, 0.15) is 0 Å². The first-order valence-corrected chi connectivity index (χ1v) is 7.31. The quantitative estimate of drug-likeness (QED) is 0.848. The molecule has 1 aliphatic heterocycles. The molecule has 1 fully saturated rings. The largest absolute Gasteiger partial charge is 0.395 e. The predicted octanol–water partition coefficient (Wildman–Crippen LogP) is 0.902. The second-order valence-electron chi connectivity index (χ2n) is 5.52. The van der Waals surface area contributed by atoms with Crippen LogP contribution < -0.4 is 5.32 Å². The molecule has 5 nitrogen and oxygen atoms in total. The average Bonchev–Trinajstić information content (AvgIpc) is 2.46. The van der Waals surface area contributed by atoms with E-state index in [1.165, 1.54) is 6.07 Å². The molecule has 1 aliphatic rings. The first kappa shape index (κ1) is 16.8. The van der Waals surface area contributed by atoms with Crippen LogP contribution in [0.3, 0.4) is 0 Å². The van der Waals surface area contributed by atoms with Crippen molar-refractivity contribution in [2.45, 2.75) is 13.0 Å². The molecular weight excluding hydrogens is 292 g/mol. The number of nitrogens with one attached hydrogen (secondary N) is 1. The molecule has 0 aliphatic carbocycles. The van der Waals surface area contributed by atoms with Gasteiger partial charge in [-0.1, -0.05) is 0 Å². The van der Waals surface area contributed by atoms with Crippen molar-refractivity contribution in [1.29, 1.82) is 0 Å². The Labute approximate surface area is 128 Å². The van der Waals surface area contributed by atoms with E-state index in [0.29, 0.717) is 6.54 Å². The highest BCUT2D eigenvalue weighted by molar-refractivity contribution is 5.92. The van der Waals surface area contributed by atoms with E-state index in [2.05, 4.69) is 17.1 Å². The molecule has 0 bridgehead atoms. The van der Waals surface area contributed by atoms with Gasteiger partial charge in [0.2, 0.25) is 5.91 Å². The molecule has 1 unspecified atom stereocenters. The van der Waals surface area contributed by atoms with Crippen molar-refractivity contribution in [3.05, 3.63) is 29.8 Å². The molecular formula is C15H21F2N3O2. The van der Waals surface area contributed by atoms with Gasteiger partial charge < -0.3 is 10.4 Å². The van der Waals surface area contributed by atoms with Crippen LogP contribution in [0.1, 0.15) is 6.92 Å². The summed E-state index contributed by atoms with van der Waals surface area (Å²) in [6.07, 6.45) is 0. The van der Waals surface area contributed by atoms with Crippen molar-refractivity contribution < 1.29 is 18.7 Å². The Kier molecular flexibility index (Phi) is 5.82. The van der Waals surface area contributed by atoms with E-state index in [1.807, 2.05) is 4.90 Å². The molecule has 2 rings (SSSR count). The summed E-state index contributed by atoms with van der Waals surface area (Å²) >= 11 is 0. The van der Waals surface area contributed by atoms with Gasteiger partial charge in [0.05, 0.1) is 13.2 Å². The molecule has 1 saturated heterocycles. The molecule has 1 aromatic rings. The van der Waals surface area contributed by atoms with Crippen molar-refractivity contribution in [1.82, 2.24) is 9.80 Å². The molecule has 1 heterocycles. The van der Waals surface area contributed by atoms with E-state index < -0.39 is 11.6 Å². The molecule has 22 heavy (non-hydrogen) atoms. The van der Waals surface area contributed by atoms with Gasteiger partial charge in [-0.3, -0.25) is 14.6 Å². The monoisotopic (exact) mass is 313 g/mol. The number of aliphatic hydroxyl groups excluding tert-OH is 1. The number of aliphatic hydroxyl groups is 1. The number of hydrogen-bond donors (Lipinski definition) is 2. The van der Waals surface area contributed by atoms with Crippen molar-refractivity contribution in [2.24, 2.45) is 0 Å². The molecule has 7 heteroatoms. The van der Waals surface area contributed by atoms with Crippen molar-refractivity contribution in [3.63, 3.8) is 0 Å². The van der Waals surface area contributed by atoms with Gasteiger partial charge in [0, 0.05) is 44.0 Å². The minimum atomic E-state index is -0.982. The SMILES string of the molecule is CC1CN(CC(=O)Nc2ccc(F)c(F)c2)CCN1CCO. The van der Waals surface area contributed by atoms with E-state index in [1.54, 1.807) is 0 Å². The lowest BCUT2D eigenvalue weighted by Crippen LogP contribution is -2.53. The topological polar surface area (TPSA) is 55.8 Å². The number of amides is 1. The van der Waals surface area contributed by atoms with Crippen LogP contribution in [0.25, 0.3) is 0 Å². The van der Waals surface area contributed by atoms with Gasteiger partial charge in [-0.15, -0.1) is 0 Å². The number of halogens is 2. The predicted molar refractivity (Wildman–Crippen MR) is 79.5 cm³/mol. The zero-order valence-corrected chi connectivity index (χ0v) is 12.6. The zero-order chi connectivity index (χ0) is 16.1. The maximum atomic E-state index is 13.1. The first-order valence-electron chi connectivity index (χ1n) is 7.31. The highest BCUT2D eigenvalue weighted by Crippen LogP contribution is 2.14. The van der Waals surface area contributed by atoms with Crippen LogP contribution in [0.4, 0.5) is 14.5 Å². The fourth-order valence-electron chi connectivity index (χ4n) is 2.65. The summed E-state index contributed by atoms with van der Waals surface area (Å²) < 4.78 is 25.9. The number of rotatable bonds is 5. The highest BCUT2D eigenvalue weighted by atomic mass is 19.2. The Balaban J connectivity index is 1.83. The summed E-state index contributed by atoms with van der Waals surface area (Å²) in [7, 11) is 0. The second kappa shape index (κ2) is 7.62. The minimum absolute atomic E-state index is 0.126. The van der Waals surface area contributed by atoms with E-state index >= 15 is 0 Å². The Hall–Kier alpha value is -1.57. The number of nitrogens with zero attached hydrogens (tertiary/aromatic N) is 2. The lowest BCUT2D eigenvalue weighted by Gasteiger charge is -2.39. The van der Waals surface area contributed by atoms with Crippen molar-refractivity contribution in [3.8, 4) is 0 Å². The van der Waals surface area contributed by atoms with E-state index in [0.717, 1.165) is 31.8 Å². The molecule has 0 aromatic heterocycles. The Morgan fingerprint density at radius 1 is 1.36 bits per heavy atom. The standard InChI is InChI=1S/C15H21F2N3O2/c1-11-9-19(4-5-20(11)6-7-21)10-15(22)18-12-2-3-13(16)14(17)8-12/h2-3,8,11,21H,4-7,9-10H2,1H3,(H,18,22). The molecule has 1 aromatic carbocycles. The number of benzene rings is 1. The second-order valence-corrected chi connectivity index (χ2v) is 5.52. The van der Waals surface area contributed by atoms with Crippen molar-refractivity contribution in [2.75, 3.05) is 44.6 Å². The number of piperazine rings is 1. The molecule has 0 spiro atoms. The van der Waals surface area contributed by atoms with Crippen LogP contribution in [0, 0.1) is 11.6 Å². The third-order valence-corrected chi connectivity index (χ3v) is 3.81. The summed E-state index contributed by atoms with van der Waals surface area (Å²) in [5, 5.41) is 11.5. The van der Waals surface area contributed by atoms with E-state index in [-0.39, 0.29) is 30.8 Å². The van der Waals surface area contributed by atoms with E-state index in [9.17, 15) is 13.6 Å². The van der Waals surface area contributed by atoms with Gasteiger partial charge in [0.15, 0.2) is 11.6 Å². The highest BCUT2D eigenvalue weighted by Gasteiger charge is 2.24. The molecule has 2 N–H and O–H groups in total. The van der Waals surface area contributed by atoms with Crippen LogP contribution in [0.5, 0.6) is 0 Å². The van der Waals surface area contributed by atoms with Crippen LogP contribution in [0.2, 0.25) is 0 Å². The molecule has 1 amide bonds. The van der Waals surface area contributed by atoms with Gasteiger partial charge in [-0.2, -0.15) is 0 Å². The fourth-order valence-corrected chi connectivity index (χ4v) is 2.65. The summed E-state index contributed by atoms with van der Waals surface area (Å²) in [6.45, 7) is 5.27. The van der Waals surface area contributed by atoms with Crippen molar-refractivity contribution >= 4 is 11.6 Å². The number of anilines is 1. The number of carbonyl (C=O) groups is 1. The van der Waals surface area contributed by atoms with Gasteiger partial charge in [-0.25, -0.2) is 8.78 Å². The van der Waals surface area contributed by atoms with Crippen LogP contribution >= 0.6 is 0 Å².